The predicted octanol–water partition coefficient (Wildman–Crippen LogP) is 10.9. The third-order valence-electron chi connectivity index (χ3n) is 9.10. The monoisotopic (exact) mass is 548 g/mol. The molecular formula is C40H24N2O. The quantitative estimate of drug-likeness (QED) is 0.211. The van der Waals surface area contributed by atoms with Crippen molar-refractivity contribution in [2.45, 2.75) is 0 Å². The zero-order valence-electron chi connectivity index (χ0n) is 23.2. The van der Waals surface area contributed by atoms with E-state index in [0.717, 1.165) is 27.6 Å². The summed E-state index contributed by atoms with van der Waals surface area (Å²) in [5.74, 6) is 0. The summed E-state index contributed by atoms with van der Waals surface area (Å²) in [7, 11) is 0. The number of fused-ring (bicyclic) bond motifs is 12. The number of para-hydroxylation sites is 4. The summed E-state index contributed by atoms with van der Waals surface area (Å²) in [6.45, 7) is 0. The Labute approximate surface area is 246 Å². The lowest BCUT2D eigenvalue weighted by molar-refractivity contribution is 0.669. The highest BCUT2D eigenvalue weighted by Crippen LogP contribution is 2.43. The molecule has 0 saturated heterocycles. The van der Waals surface area contributed by atoms with Crippen LogP contribution in [-0.2, 0) is 0 Å². The van der Waals surface area contributed by atoms with Crippen molar-refractivity contribution in [3.63, 3.8) is 0 Å². The first-order valence-corrected chi connectivity index (χ1v) is 14.7. The van der Waals surface area contributed by atoms with Crippen molar-refractivity contribution in [1.29, 1.82) is 0 Å². The first-order valence-electron chi connectivity index (χ1n) is 14.7. The summed E-state index contributed by atoms with van der Waals surface area (Å²) in [6.07, 6.45) is 0. The molecule has 3 aromatic heterocycles. The van der Waals surface area contributed by atoms with Crippen LogP contribution in [-0.4, -0.2) is 9.13 Å². The van der Waals surface area contributed by atoms with Gasteiger partial charge in [0.1, 0.15) is 11.2 Å². The van der Waals surface area contributed by atoms with E-state index in [0.29, 0.717) is 0 Å². The van der Waals surface area contributed by atoms with Crippen molar-refractivity contribution in [2.75, 3.05) is 0 Å². The largest absolute Gasteiger partial charge is 0.456 e. The molecule has 200 valence electrons. The van der Waals surface area contributed by atoms with Gasteiger partial charge in [0.05, 0.1) is 33.1 Å². The Morgan fingerprint density at radius 3 is 1.84 bits per heavy atom. The highest BCUT2D eigenvalue weighted by Gasteiger charge is 2.21. The minimum atomic E-state index is 0.902. The molecule has 0 spiro atoms. The van der Waals surface area contributed by atoms with Crippen molar-refractivity contribution < 1.29 is 4.42 Å². The first-order chi connectivity index (χ1) is 21.4. The van der Waals surface area contributed by atoms with E-state index in [1.807, 2.05) is 6.07 Å². The summed E-state index contributed by atoms with van der Waals surface area (Å²) in [5.41, 5.74) is 8.95. The van der Waals surface area contributed by atoms with Gasteiger partial charge in [-0.2, -0.15) is 0 Å². The average molecular weight is 549 g/mol. The minimum Gasteiger partial charge on any atom is -0.456 e. The summed E-state index contributed by atoms with van der Waals surface area (Å²) in [5, 5.41) is 9.83. The smallest absolute Gasteiger partial charge is 0.137 e. The topological polar surface area (TPSA) is 23.0 Å². The molecule has 0 amide bonds. The van der Waals surface area contributed by atoms with Crippen molar-refractivity contribution in [1.82, 2.24) is 9.13 Å². The molecule has 0 fully saturated rings. The van der Waals surface area contributed by atoms with Crippen LogP contribution in [0.1, 0.15) is 0 Å². The lowest BCUT2D eigenvalue weighted by Crippen LogP contribution is -1.95. The summed E-state index contributed by atoms with van der Waals surface area (Å²) >= 11 is 0. The maximum atomic E-state index is 6.30. The van der Waals surface area contributed by atoms with Gasteiger partial charge in [0.25, 0.3) is 0 Å². The van der Waals surface area contributed by atoms with Gasteiger partial charge in [-0.05, 0) is 53.9 Å². The van der Waals surface area contributed by atoms with Crippen LogP contribution in [0.3, 0.4) is 0 Å². The van der Waals surface area contributed by atoms with E-state index < -0.39 is 0 Å². The van der Waals surface area contributed by atoms with Crippen LogP contribution in [0.15, 0.2) is 150 Å². The molecule has 0 saturated carbocycles. The summed E-state index contributed by atoms with van der Waals surface area (Å²) < 4.78 is 11.2. The van der Waals surface area contributed by atoms with Crippen LogP contribution in [0, 0.1) is 0 Å². The van der Waals surface area contributed by atoms with Crippen molar-refractivity contribution >= 4 is 76.3 Å². The number of rotatable bonds is 2. The molecule has 0 bridgehead atoms. The Balaban J connectivity index is 1.39. The van der Waals surface area contributed by atoms with Crippen LogP contribution < -0.4 is 0 Å². The standard InChI is InChI=1S/C40H24N2O/c1-2-11-25(12-3-1)41-32-16-7-4-13-26(32)28-22-21-27-29(40(28)41)23-24-35-38(27)30-14-5-8-17-33(30)42(35)34-18-10-20-37-39(34)31-15-6-9-19-36(31)43-37/h1-24H. The average Bonchev–Trinajstić information content (AvgIpc) is 3.73. The lowest BCUT2D eigenvalue weighted by Gasteiger charge is -2.12. The Kier molecular flexibility index (Phi) is 4.45. The van der Waals surface area contributed by atoms with Gasteiger partial charge in [-0.3, -0.25) is 0 Å². The number of hydrogen-bond donors (Lipinski definition) is 0. The molecule has 10 rings (SSSR count). The van der Waals surface area contributed by atoms with Crippen LogP contribution in [0.2, 0.25) is 0 Å². The van der Waals surface area contributed by atoms with Crippen molar-refractivity contribution in [2.24, 2.45) is 0 Å². The number of aromatic nitrogens is 2. The molecule has 3 nitrogen and oxygen atoms in total. The van der Waals surface area contributed by atoms with E-state index in [1.54, 1.807) is 0 Å². The number of hydrogen-bond acceptors (Lipinski definition) is 1. The molecule has 0 unspecified atom stereocenters. The molecule has 3 heterocycles. The van der Waals surface area contributed by atoms with Crippen molar-refractivity contribution in [3.05, 3.63) is 146 Å². The SMILES string of the molecule is c1ccc(-n2c3ccccc3c3ccc4c(ccc5c4c4ccccc4n5-c4cccc5oc6ccccc6c45)c32)cc1. The molecule has 0 aliphatic heterocycles. The maximum Gasteiger partial charge on any atom is 0.137 e. The molecule has 43 heavy (non-hydrogen) atoms. The molecule has 0 radical (unpaired) electrons. The number of benzene rings is 7. The Bertz CT molecular complexity index is 2720. The second-order valence-corrected chi connectivity index (χ2v) is 11.3. The number of nitrogens with zero attached hydrogens (tertiary/aromatic N) is 2. The fourth-order valence-corrected chi connectivity index (χ4v) is 7.38. The second-order valence-electron chi connectivity index (χ2n) is 11.3. The third kappa shape index (κ3) is 2.98. The van der Waals surface area contributed by atoms with E-state index in [1.165, 1.54) is 60.1 Å². The van der Waals surface area contributed by atoms with Crippen LogP contribution >= 0.6 is 0 Å². The highest BCUT2D eigenvalue weighted by molar-refractivity contribution is 6.28. The van der Waals surface area contributed by atoms with Gasteiger partial charge >= 0.3 is 0 Å². The zero-order chi connectivity index (χ0) is 28.1. The van der Waals surface area contributed by atoms with Crippen LogP contribution in [0.5, 0.6) is 0 Å². The van der Waals surface area contributed by atoms with Crippen molar-refractivity contribution in [3.8, 4) is 11.4 Å². The molecule has 0 atom stereocenters. The maximum absolute atomic E-state index is 6.30. The molecule has 7 aromatic carbocycles. The Hall–Kier alpha value is -5.80. The molecule has 0 N–H and O–H groups in total. The van der Waals surface area contributed by atoms with Gasteiger partial charge in [-0.1, -0.05) is 97.1 Å². The highest BCUT2D eigenvalue weighted by atomic mass is 16.3. The second kappa shape index (κ2) is 8.37. The van der Waals surface area contributed by atoms with Gasteiger partial charge in [0.15, 0.2) is 0 Å². The van der Waals surface area contributed by atoms with E-state index in [2.05, 4.69) is 149 Å². The molecular weight excluding hydrogens is 524 g/mol. The zero-order valence-corrected chi connectivity index (χ0v) is 23.2. The first kappa shape index (κ1) is 22.8. The van der Waals surface area contributed by atoms with E-state index in [-0.39, 0.29) is 0 Å². The predicted molar refractivity (Wildman–Crippen MR) is 180 cm³/mol. The fourth-order valence-electron chi connectivity index (χ4n) is 7.38. The third-order valence-corrected chi connectivity index (χ3v) is 9.10. The normalized spacial score (nSPS) is 12.2. The lowest BCUT2D eigenvalue weighted by atomic mass is 10.0. The summed E-state index contributed by atoms with van der Waals surface area (Å²) in [6, 6.07) is 52.2. The van der Waals surface area contributed by atoms with Gasteiger partial charge in [0.2, 0.25) is 0 Å². The molecule has 0 aliphatic rings. The van der Waals surface area contributed by atoms with Gasteiger partial charge in [0, 0.05) is 38.0 Å². The van der Waals surface area contributed by atoms with E-state index in [4.69, 9.17) is 4.42 Å². The van der Waals surface area contributed by atoms with Crippen LogP contribution in [0.25, 0.3) is 87.7 Å². The van der Waals surface area contributed by atoms with E-state index in [9.17, 15) is 0 Å². The van der Waals surface area contributed by atoms with Gasteiger partial charge in [-0.25, -0.2) is 0 Å². The molecule has 3 heteroatoms. The molecule has 10 aromatic rings. The Morgan fingerprint density at radius 1 is 0.349 bits per heavy atom. The molecule has 0 aliphatic carbocycles. The minimum absolute atomic E-state index is 0.902. The van der Waals surface area contributed by atoms with E-state index >= 15 is 0 Å². The number of furan rings is 1. The Morgan fingerprint density at radius 2 is 0.977 bits per heavy atom. The van der Waals surface area contributed by atoms with Crippen LogP contribution in [0.4, 0.5) is 0 Å². The van der Waals surface area contributed by atoms with Gasteiger partial charge < -0.3 is 13.6 Å². The van der Waals surface area contributed by atoms with Gasteiger partial charge in [-0.15, -0.1) is 0 Å². The summed E-state index contributed by atoms with van der Waals surface area (Å²) in [4.78, 5) is 0. The fraction of sp³-hybridized carbons (Fsp3) is 0.